The van der Waals surface area contributed by atoms with Gasteiger partial charge in [0.15, 0.2) is 5.82 Å². The number of rotatable bonds is 9. The summed E-state index contributed by atoms with van der Waals surface area (Å²) in [5, 5.41) is 17.3. The van der Waals surface area contributed by atoms with Gasteiger partial charge in [0.05, 0.1) is 13.5 Å². The zero-order chi connectivity index (χ0) is 24.0. The van der Waals surface area contributed by atoms with E-state index in [1.54, 1.807) is 31.2 Å². The van der Waals surface area contributed by atoms with Gasteiger partial charge in [0.25, 0.3) is 0 Å². The van der Waals surface area contributed by atoms with Crippen LogP contribution < -0.4 is 5.32 Å². The maximum atomic E-state index is 12.9. The molecule has 2 aromatic rings. The number of fused-ring (bicyclic) bond motifs is 1. The van der Waals surface area contributed by atoms with Gasteiger partial charge in [-0.15, -0.1) is 10.2 Å². The molecule has 2 aliphatic rings. The second-order valence-corrected chi connectivity index (χ2v) is 9.14. The Labute approximate surface area is 195 Å². The Morgan fingerprint density at radius 2 is 2.06 bits per heavy atom. The van der Waals surface area contributed by atoms with E-state index in [1.807, 2.05) is 6.07 Å². The topological polar surface area (TPSA) is 119 Å². The number of nitrogens with zero attached hydrogens (tertiary/aromatic N) is 3. The number of carbonyl (C=O) groups is 2. The van der Waals surface area contributed by atoms with Crippen molar-refractivity contribution in [3.05, 3.63) is 41.7 Å². The monoisotopic (exact) mass is 456 g/mol. The van der Waals surface area contributed by atoms with Gasteiger partial charge in [0, 0.05) is 12.8 Å². The third kappa shape index (κ3) is 6.60. The normalized spacial score (nSPS) is 28.3. The molecule has 4 rings (SSSR count). The Hall–Kier alpha value is -2.81. The molecular weight excluding hydrogens is 422 g/mol. The van der Waals surface area contributed by atoms with E-state index < -0.39 is 24.1 Å². The number of hydrogen-bond donors (Lipinski definition) is 2. The number of benzene rings is 1. The van der Waals surface area contributed by atoms with Crippen molar-refractivity contribution in [3.8, 4) is 0 Å². The molecule has 9 nitrogen and oxygen atoms in total. The molecule has 33 heavy (non-hydrogen) atoms. The minimum absolute atomic E-state index is 0.146. The maximum absolute atomic E-state index is 12.9. The molecule has 5 atom stereocenters. The van der Waals surface area contributed by atoms with Crippen molar-refractivity contribution in [1.29, 1.82) is 0 Å². The Morgan fingerprint density at radius 1 is 1.21 bits per heavy atom. The molecule has 1 aliphatic heterocycles. The van der Waals surface area contributed by atoms with E-state index in [0.717, 1.165) is 37.9 Å². The molecule has 2 N–H and O–H groups in total. The van der Waals surface area contributed by atoms with E-state index in [1.165, 1.54) is 0 Å². The third-order valence-corrected chi connectivity index (χ3v) is 6.78. The van der Waals surface area contributed by atoms with Gasteiger partial charge in [-0.2, -0.15) is 5.21 Å². The predicted octanol–water partition coefficient (Wildman–Crippen LogP) is 2.71. The number of aromatic amines is 1. The van der Waals surface area contributed by atoms with Crippen LogP contribution in [0, 0.1) is 17.8 Å². The smallest absolute Gasteiger partial charge is 0.338 e. The number of aromatic nitrogens is 4. The fraction of sp³-hybridized carbons (Fsp3) is 0.625. The molecule has 0 spiro atoms. The van der Waals surface area contributed by atoms with Gasteiger partial charge in [-0.25, -0.2) is 4.79 Å². The molecular formula is C24H33N5O4. The highest BCUT2D eigenvalue weighted by Crippen LogP contribution is 2.40. The Morgan fingerprint density at radius 3 is 2.85 bits per heavy atom. The van der Waals surface area contributed by atoms with Crippen molar-refractivity contribution >= 4 is 11.9 Å². The van der Waals surface area contributed by atoms with Crippen LogP contribution in [0.25, 0.3) is 0 Å². The molecule has 0 bridgehead atoms. The van der Waals surface area contributed by atoms with E-state index in [4.69, 9.17) is 10.8 Å². The Kier molecular flexibility index (Phi) is 7.57. The van der Waals surface area contributed by atoms with Crippen LogP contribution in [0.2, 0.25) is 0 Å². The van der Waals surface area contributed by atoms with Gasteiger partial charge in [0.2, 0.25) is 0 Å². The molecule has 0 amide bonds. The molecule has 1 saturated carbocycles. The molecule has 1 aliphatic carbocycles. The highest BCUT2D eigenvalue weighted by molar-refractivity contribution is 5.89. The summed E-state index contributed by atoms with van der Waals surface area (Å²) >= 11 is 0. The first-order chi connectivity index (χ1) is 16.4. The lowest BCUT2D eigenvalue weighted by molar-refractivity contribution is -0.153. The number of esters is 2. The van der Waals surface area contributed by atoms with Crippen LogP contribution in [0.3, 0.4) is 0 Å². The van der Waals surface area contributed by atoms with E-state index in [2.05, 4.69) is 25.9 Å². The van der Waals surface area contributed by atoms with E-state index in [0.29, 0.717) is 42.7 Å². The number of hydrogen-bond acceptors (Lipinski definition) is 8. The summed E-state index contributed by atoms with van der Waals surface area (Å²) in [4.78, 5) is 24.9. The number of aryl methyl sites for hydroxylation is 1. The van der Waals surface area contributed by atoms with Crippen LogP contribution in [-0.2, 0) is 20.7 Å². The second kappa shape index (κ2) is 11.4. The molecule has 1 saturated heterocycles. The van der Waals surface area contributed by atoms with E-state index >= 15 is 0 Å². The van der Waals surface area contributed by atoms with Crippen LogP contribution in [0.4, 0.5) is 0 Å². The van der Waals surface area contributed by atoms with Crippen molar-refractivity contribution in [3.63, 3.8) is 0 Å². The molecule has 2 fully saturated rings. The lowest BCUT2D eigenvalue weighted by Gasteiger charge is -2.42. The quantitative estimate of drug-likeness (QED) is 0.553. The van der Waals surface area contributed by atoms with Crippen molar-refractivity contribution in [2.75, 3.05) is 13.2 Å². The highest BCUT2D eigenvalue weighted by atomic mass is 16.6. The van der Waals surface area contributed by atoms with Crippen LogP contribution in [0.5, 0.6) is 0 Å². The van der Waals surface area contributed by atoms with Crippen LogP contribution >= 0.6 is 0 Å². The van der Waals surface area contributed by atoms with Crippen LogP contribution in [0.15, 0.2) is 30.3 Å². The minimum Gasteiger partial charge on any atom is -0.462 e. The van der Waals surface area contributed by atoms with Crippen molar-refractivity contribution < 1.29 is 20.4 Å². The SMILES string of the molecule is [2H][C@@]1(C(=O)O[C@H](C)CCOC(=O)c2ccccc2)C[C@H]2C[C@@H](CCc3nn[nH]n3)CC[C@H]2CN1. The highest BCUT2D eigenvalue weighted by Gasteiger charge is 2.38. The first kappa shape index (κ1) is 22.0. The summed E-state index contributed by atoms with van der Waals surface area (Å²) in [6, 6.07) is 7.33. The Bertz CT molecular complexity index is 944. The van der Waals surface area contributed by atoms with Gasteiger partial charge >= 0.3 is 11.9 Å². The predicted molar refractivity (Wildman–Crippen MR) is 120 cm³/mol. The lowest BCUT2D eigenvalue weighted by Crippen LogP contribution is -2.50. The largest absolute Gasteiger partial charge is 0.462 e. The lowest BCUT2D eigenvalue weighted by atomic mass is 9.69. The minimum atomic E-state index is -1.44. The number of piperidine rings is 1. The maximum Gasteiger partial charge on any atom is 0.338 e. The number of carbonyl (C=O) groups excluding carboxylic acids is 2. The molecule has 0 unspecified atom stereocenters. The van der Waals surface area contributed by atoms with Crippen molar-refractivity contribution in [2.45, 2.75) is 64.0 Å². The first-order valence-corrected chi connectivity index (χ1v) is 11.8. The number of ether oxygens (including phenoxy) is 2. The molecule has 9 heteroatoms. The summed E-state index contributed by atoms with van der Waals surface area (Å²) in [5.41, 5.74) is 0.487. The van der Waals surface area contributed by atoms with Gasteiger partial charge < -0.3 is 14.8 Å². The van der Waals surface area contributed by atoms with Crippen molar-refractivity contribution in [1.82, 2.24) is 25.9 Å². The summed E-state index contributed by atoms with van der Waals surface area (Å²) in [6.45, 7) is 2.56. The van der Waals surface area contributed by atoms with Crippen LogP contribution in [-0.4, -0.2) is 57.8 Å². The first-order valence-electron chi connectivity index (χ1n) is 12.3. The molecule has 2 heterocycles. The average molecular weight is 457 g/mol. The zero-order valence-electron chi connectivity index (χ0n) is 20.0. The number of H-pyrrole nitrogens is 1. The van der Waals surface area contributed by atoms with Gasteiger partial charge in [-0.1, -0.05) is 29.8 Å². The summed E-state index contributed by atoms with van der Waals surface area (Å²) in [5.74, 6) is 1.12. The van der Waals surface area contributed by atoms with Gasteiger partial charge in [0.1, 0.15) is 12.1 Å². The molecule has 178 valence electrons. The van der Waals surface area contributed by atoms with Gasteiger partial charge in [-0.05, 0) is 69.0 Å². The average Bonchev–Trinajstić information content (AvgIpc) is 3.36. The third-order valence-electron chi connectivity index (χ3n) is 6.78. The van der Waals surface area contributed by atoms with Gasteiger partial charge in [-0.3, -0.25) is 4.79 Å². The summed E-state index contributed by atoms with van der Waals surface area (Å²) < 4.78 is 19.6. The standard InChI is InChI=1S/C24H33N5O4/c1-16(11-12-32-23(30)18-5-3-2-4-6-18)33-24(31)21-14-20-13-17(7-9-19(20)15-25-21)8-10-22-26-28-29-27-22/h2-6,16-17,19-21,25H,7-15H2,1H3,(H,26,27,28,29)/t16-,17-,19+,20-,21+/m1/s1/i21D. The molecule has 0 radical (unpaired) electrons. The molecule has 1 aromatic carbocycles. The number of tetrazole rings is 1. The number of nitrogens with one attached hydrogen (secondary N) is 2. The molecule has 1 aromatic heterocycles. The van der Waals surface area contributed by atoms with Crippen LogP contribution in [0.1, 0.15) is 63.0 Å². The van der Waals surface area contributed by atoms with E-state index in [-0.39, 0.29) is 6.61 Å². The fourth-order valence-corrected chi connectivity index (χ4v) is 4.86. The second-order valence-electron chi connectivity index (χ2n) is 9.14. The zero-order valence-corrected chi connectivity index (χ0v) is 19.0. The summed E-state index contributed by atoms with van der Waals surface area (Å²) in [7, 11) is 0. The Balaban J connectivity index is 1.22. The fourth-order valence-electron chi connectivity index (χ4n) is 4.86. The van der Waals surface area contributed by atoms with E-state index in [9.17, 15) is 9.59 Å². The van der Waals surface area contributed by atoms with Crippen molar-refractivity contribution in [2.24, 2.45) is 17.8 Å². The summed E-state index contributed by atoms with van der Waals surface area (Å²) in [6.07, 6.45) is 5.41.